The highest BCUT2D eigenvalue weighted by atomic mass is 35.5. The zero-order valence-electron chi connectivity index (χ0n) is 29.0. The largest absolute Gasteiger partial charge is 0.391 e. The fourth-order valence-electron chi connectivity index (χ4n) is 7.03. The lowest BCUT2D eigenvalue weighted by Gasteiger charge is -2.40. The van der Waals surface area contributed by atoms with Crippen LogP contribution in [0, 0.1) is 0 Å². The van der Waals surface area contributed by atoms with Crippen molar-refractivity contribution in [3.05, 3.63) is 82.9 Å². The molecule has 13 heteroatoms. The van der Waals surface area contributed by atoms with E-state index in [4.69, 9.17) is 23.2 Å². The van der Waals surface area contributed by atoms with Crippen molar-refractivity contribution in [2.75, 3.05) is 65.4 Å². The average molecular weight is 772 g/mol. The third kappa shape index (κ3) is 11.9. The maximum absolute atomic E-state index is 11.5. The Balaban J connectivity index is 0.000000242. The topological polar surface area (TPSA) is 90.8 Å². The Bertz CT molecular complexity index is 1410. The molecule has 3 saturated heterocycles. The number of piperazine rings is 2. The van der Waals surface area contributed by atoms with Crippen LogP contribution in [0.3, 0.4) is 0 Å². The van der Waals surface area contributed by atoms with Crippen LogP contribution in [0.15, 0.2) is 61.7 Å². The summed E-state index contributed by atoms with van der Waals surface area (Å²) in [6, 6.07) is 16.0. The number of hydrogen-bond acceptors (Lipinski definition) is 8. The summed E-state index contributed by atoms with van der Waals surface area (Å²) in [5.41, 5.74) is 4.28. The lowest BCUT2D eigenvalue weighted by Crippen LogP contribution is -2.53. The van der Waals surface area contributed by atoms with Gasteiger partial charge in [0.1, 0.15) is 0 Å². The molecule has 9 nitrogen and oxygen atoms in total. The van der Waals surface area contributed by atoms with Crippen molar-refractivity contribution in [2.24, 2.45) is 0 Å². The maximum atomic E-state index is 11.5. The summed E-state index contributed by atoms with van der Waals surface area (Å²) < 4.78 is 0. The van der Waals surface area contributed by atoms with Crippen LogP contribution in [-0.2, 0) is 9.59 Å². The molecule has 3 heterocycles. The summed E-state index contributed by atoms with van der Waals surface area (Å²) in [4.78, 5) is 31.8. The molecule has 1 aliphatic carbocycles. The van der Waals surface area contributed by atoms with E-state index >= 15 is 0 Å². The van der Waals surface area contributed by atoms with Gasteiger partial charge < -0.3 is 24.9 Å². The second kappa shape index (κ2) is 20.0. The predicted molar refractivity (Wildman–Crippen MR) is 207 cm³/mol. The van der Waals surface area contributed by atoms with Gasteiger partial charge in [-0.3, -0.25) is 19.4 Å². The van der Waals surface area contributed by atoms with Gasteiger partial charge in [0.25, 0.3) is 0 Å². The van der Waals surface area contributed by atoms with Crippen molar-refractivity contribution in [2.45, 2.75) is 57.4 Å². The van der Waals surface area contributed by atoms with Gasteiger partial charge in [-0.25, -0.2) is 0 Å². The fraction of sp³-hybridized carbons (Fsp3) is 0.514. The molecule has 0 bridgehead atoms. The number of carbonyl (C=O) groups is 2. The Morgan fingerprint density at radius 3 is 1.38 bits per heavy atom. The maximum Gasteiger partial charge on any atom is 0.219 e. The van der Waals surface area contributed by atoms with E-state index in [1.807, 2.05) is 48.5 Å². The third-order valence-electron chi connectivity index (χ3n) is 9.83. The van der Waals surface area contributed by atoms with E-state index in [1.165, 1.54) is 6.92 Å². The zero-order valence-corrected chi connectivity index (χ0v) is 32.1. The van der Waals surface area contributed by atoms with Crippen molar-refractivity contribution in [1.82, 2.24) is 24.5 Å². The molecule has 0 radical (unpaired) electrons. The molecule has 0 unspecified atom stereocenters. The summed E-state index contributed by atoms with van der Waals surface area (Å²) in [6.45, 7) is 19.8. The summed E-state index contributed by atoms with van der Waals surface area (Å²) in [5.74, 6) is 0.0336. The molecule has 2 N–H and O–H groups in total. The minimum Gasteiger partial charge on any atom is -0.391 e. The Labute approximate surface area is 318 Å². The first kappa shape index (κ1) is 42.1. The number of rotatable bonds is 6. The van der Waals surface area contributed by atoms with Crippen LogP contribution in [0.1, 0.15) is 44.2 Å². The highest BCUT2D eigenvalue weighted by molar-refractivity contribution is 6.62. The number of aliphatic hydroxyl groups excluding tert-OH is 2. The van der Waals surface area contributed by atoms with E-state index < -0.39 is 6.10 Å². The number of benzene rings is 2. The summed E-state index contributed by atoms with van der Waals surface area (Å²) in [5, 5.41) is 21.4. The first-order valence-corrected chi connectivity index (χ1v) is 18.1. The fourth-order valence-corrected chi connectivity index (χ4v) is 7.28. The van der Waals surface area contributed by atoms with Crippen LogP contribution in [-0.4, -0.2) is 136 Å². The Kier molecular flexibility index (Phi) is 16.9. The quantitative estimate of drug-likeness (QED) is 0.370. The van der Waals surface area contributed by atoms with Crippen LogP contribution in [0.5, 0.6) is 0 Å². The molecule has 50 heavy (non-hydrogen) atoms. The lowest BCUT2D eigenvalue weighted by molar-refractivity contribution is -0.128. The first-order chi connectivity index (χ1) is 23.3. The molecule has 0 spiro atoms. The van der Waals surface area contributed by atoms with Gasteiger partial charge in [0.15, 0.2) is 0 Å². The molecule has 3 aliphatic heterocycles. The molecule has 4 fully saturated rings. The number of β-amino-alcohol motifs (C(OH)–C–C–N with tert-alkyl or cyclic N) is 1. The van der Waals surface area contributed by atoms with Crippen molar-refractivity contribution < 1.29 is 19.8 Å². The van der Waals surface area contributed by atoms with Gasteiger partial charge in [0.05, 0.1) is 18.2 Å². The van der Waals surface area contributed by atoms with Crippen molar-refractivity contribution in [3.8, 4) is 0 Å². The average Bonchev–Trinajstić information content (AvgIpc) is 3.70. The molecule has 276 valence electrons. The second-order valence-corrected chi connectivity index (χ2v) is 14.5. The van der Waals surface area contributed by atoms with Crippen LogP contribution in [0.2, 0.25) is 10.0 Å². The van der Waals surface area contributed by atoms with Crippen LogP contribution >= 0.6 is 47.2 Å². The van der Waals surface area contributed by atoms with Crippen LogP contribution in [0.25, 0.3) is 11.4 Å². The van der Waals surface area contributed by atoms with Gasteiger partial charge in [0.2, 0.25) is 11.1 Å². The van der Waals surface area contributed by atoms with E-state index in [0.717, 1.165) is 104 Å². The number of nitrogens with zero attached hydrogens (tertiary/aromatic N) is 5. The van der Waals surface area contributed by atoms with E-state index in [0.29, 0.717) is 19.1 Å². The summed E-state index contributed by atoms with van der Waals surface area (Å²) >= 11 is 16.5. The van der Waals surface area contributed by atoms with Gasteiger partial charge in [0, 0.05) is 107 Å². The van der Waals surface area contributed by atoms with E-state index in [-0.39, 0.29) is 35.7 Å². The normalized spacial score (nSPS) is 23.9. The number of halogens is 4. The minimum absolute atomic E-state index is 0. The van der Waals surface area contributed by atoms with Crippen molar-refractivity contribution >= 4 is 69.8 Å². The number of likely N-dealkylation sites (tertiary alicyclic amines) is 1. The highest BCUT2D eigenvalue weighted by Crippen LogP contribution is 2.28. The SMILES string of the molecule is C=C(c1ccc(Cl)cc1)N1CCN([C@@H]2CCC[C@H]2O)CC1.C=C(c1ccc(Cl)cc1)N1CCN([C@@H]2CN(C(C)=O)C[C@H]2O)CC1.CC(=O)Cl.Cl. The van der Waals surface area contributed by atoms with E-state index in [1.54, 1.807) is 11.8 Å². The molecule has 2 aromatic rings. The number of carbonyl (C=O) groups excluding carboxylic acids is 2. The molecular weight excluding hydrogens is 720 g/mol. The number of aliphatic hydroxyl groups is 2. The number of amides is 1. The molecule has 4 atom stereocenters. The Morgan fingerprint density at radius 1 is 0.640 bits per heavy atom. The molecule has 1 saturated carbocycles. The Morgan fingerprint density at radius 2 is 1.04 bits per heavy atom. The van der Waals surface area contributed by atoms with Gasteiger partial charge >= 0.3 is 0 Å². The van der Waals surface area contributed by atoms with Crippen molar-refractivity contribution in [1.29, 1.82) is 0 Å². The monoisotopic (exact) mass is 769 g/mol. The smallest absolute Gasteiger partial charge is 0.219 e. The van der Waals surface area contributed by atoms with E-state index in [2.05, 4.69) is 44.4 Å². The molecule has 0 aromatic heterocycles. The lowest BCUT2D eigenvalue weighted by atomic mass is 10.1. The molecule has 2 aromatic carbocycles. The molecule has 1 amide bonds. The van der Waals surface area contributed by atoms with Gasteiger partial charge in [-0.15, -0.1) is 12.4 Å². The van der Waals surface area contributed by atoms with Gasteiger partial charge in [-0.1, -0.05) is 60.6 Å². The summed E-state index contributed by atoms with van der Waals surface area (Å²) in [7, 11) is 0. The van der Waals surface area contributed by atoms with E-state index in [9.17, 15) is 19.8 Å². The zero-order chi connectivity index (χ0) is 35.7. The first-order valence-electron chi connectivity index (χ1n) is 17.0. The highest BCUT2D eigenvalue weighted by Gasteiger charge is 2.38. The van der Waals surface area contributed by atoms with Crippen LogP contribution < -0.4 is 0 Å². The third-order valence-corrected chi connectivity index (χ3v) is 10.3. The molecule has 6 rings (SSSR count). The minimum atomic E-state index is -0.458. The second-order valence-electron chi connectivity index (χ2n) is 13.0. The predicted octanol–water partition coefficient (Wildman–Crippen LogP) is 5.56. The van der Waals surface area contributed by atoms with Crippen LogP contribution in [0.4, 0.5) is 0 Å². The molecule has 4 aliphatic rings. The molecular formula is C37H51Cl4N5O4. The summed E-state index contributed by atoms with van der Waals surface area (Å²) in [6.07, 6.45) is 2.67. The van der Waals surface area contributed by atoms with Gasteiger partial charge in [-0.2, -0.15) is 0 Å². The Hall–Kier alpha value is -2.34. The van der Waals surface area contributed by atoms with Crippen molar-refractivity contribution in [3.63, 3.8) is 0 Å². The standard InChI is InChI=1S/C18H24ClN3O2.C17H23ClN2O.C2H3ClO.ClH/c1-13(15-3-5-16(19)6-4-15)20-7-9-21(10-8-20)17-11-22(14(2)23)12-18(17)24;1-13(14-5-7-15(18)8-6-14)19-9-11-20(12-10-19)16-3-2-4-17(16)21;1-2(3)4;/h3-6,17-18,24H,1,7-12H2,2H3;5-8,16-17,21H,1-4,9-12H2;1H3;1H/t17-,18-;16-,17-;;/m11../s1. The number of hydrogen-bond donors (Lipinski definition) is 2. The van der Waals surface area contributed by atoms with Gasteiger partial charge in [-0.05, 0) is 66.3 Å².